The zero-order valence-electron chi connectivity index (χ0n) is 48.2. The van der Waals surface area contributed by atoms with Gasteiger partial charge in [-0.05, 0) is 158 Å². The maximum absolute atomic E-state index is 3.07. The fourth-order valence-electron chi connectivity index (χ4n) is 16.2. The van der Waals surface area contributed by atoms with Crippen LogP contribution in [0.25, 0.3) is 88.7 Å². The Kier molecular flexibility index (Phi) is 9.77. The zero-order chi connectivity index (χ0) is 53.8. The van der Waals surface area contributed by atoms with E-state index in [1.807, 2.05) is 0 Å². The van der Waals surface area contributed by atoms with Gasteiger partial charge in [-0.3, -0.25) is 0 Å². The van der Waals surface area contributed by atoms with Crippen molar-refractivity contribution < 1.29 is 0 Å². The minimum Gasteiger partial charge on any atom is -0.400 e. The summed E-state index contributed by atoms with van der Waals surface area (Å²) < 4.78 is 5.50. The molecule has 0 N–H and O–H groups in total. The van der Waals surface area contributed by atoms with Gasteiger partial charge in [-0.15, -0.1) is 0 Å². The summed E-state index contributed by atoms with van der Waals surface area (Å²) in [5.41, 5.74) is 28.4. The molecular weight excluding hydrogens is 942 g/mol. The highest BCUT2D eigenvalue weighted by Crippen LogP contribution is 2.66. The summed E-state index contributed by atoms with van der Waals surface area (Å²) in [6.07, 6.45) is 7.03. The third kappa shape index (κ3) is 6.35. The lowest BCUT2D eigenvalue weighted by molar-refractivity contribution is 0.200. The second-order valence-electron chi connectivity index (χ2n) is 28.3. The van der Waals surface area contributed by atoms with Crippen molar-refractivity contribution in [3.05, 3.63) is 186 Å². The molecule has 1 fully saturated rings. The average molecular weight is 1020 g/mol. The van der Waals surface area contributed by atoms with Crippen LogP contribution in [0.2, 0.25) is 0 Å². The van der Waals surface area contributed by atoms with Crippen molar-refractivity contribution in [3.63, 3.8) is 0 Å². The maximum atomic E-state index is 3.07. The Morgan fingerprint density at radius 3 is 1.72 bits per heavy atom. The molecule has 78 heavy (non-hydrogen) atoms. The third-order valence-electron chi connectivity index (χ3n) is 20.8. The lowest BCUT2D eigenvalue weighted by atomic mass is 9.42. The predicted molar refractivity (Wildman–Crippen MR) is 334 cm³/mol. The summed E-state index contributed by atoms with van der Waals surface area (Å²) in [6.45, 7) is 29.6. The molecule has 2 aromatic heterocycles. The van der Waals surface area contributed by atoms with Crippen molar-refractivity contribution in [1.82, 2.24) is 9.13 Å². The van der Waals surface area contributed by atoms with Gasteiger partial charge >= 0.3 is 6.85 Å². The molecule has 3 nitrogen and oxygen atoms in total. The van der Waals surface area contributed by atoms with Gasteiger partial charge in [0.2, 0.25) is 0 Å². The molecule has 1 unspecified atom stereocenters. The molecule has 0 radical (unpaired) electrons. The molecule has 4 heteroatoms. The third-order valence-corrected chi connectivity index (χ3v) is 20.8. The minimum atomic E-state index is -0.208. The summed E-state index contributed by atoms with van der Waals surface area (Å²) in [7, 11) is 0. The van der Waals surface area contributed by atoms with Crippen LogP contribution in [-0.2, 0) is 27.1 Å². The summed E-state index contributed by atoms with van der Waals surface area (Å²) in [5, 5.41) is 4.10. The van der Waals surface area contributed by atoms with Crippen molar-refractivity contribution in [2.45, 2.75) is 154 Å². The Morgan fingerprint density at radius 2 is 1.08 bits per heavy atom. The Balaban J connectivity index is 1.16. The van der Waals surface area contributed by atoms with Crippen molar-refractivity contribution in [1.29, 1.82) is 0 Å². The van der Waals surface area contributed by atoms with E-state index in [0.717, 1.165) is 12.8 Å². The summed E-state index contributed by atoms with van der Waals surface area (Å²) >= 11 is 0. The van der Waals surface area contributed by atoms with E-state index < -0.39 is 0 Å². The number of fused-ring (bicyclic) bond motifs is 13. The molecule has 0 saturated heterocycles. The fourth-order valence-corrected chi connectivity index (χ4v) is 16.2. The van der Waals surface area contributed by atoms with E-state index in [2.05, 4.69) is 255 Å². The number of hydrogen-bond acceptors (Lipinski definition) is 1. The Hall–Kier alpha value is -7.04. The number of nitrogens with zero attached hydrogens (tertiary/aromatic N) is 3. The van der Waals surface area contributed by atoms with Gasteiger partial charge in [0.1, 0.15) is 0 Å². The summed E-state index contributed by atoms with van der Waals surface area (Å²) in [4.78, 5) is 3.07. The number of rotatable bonds is 4. The highest BCUT2D eigenvalue weighted by Gasteiger charge is 2.64. The van der Waals surface area contributed by atoms with Gasteiger partial charge in [0.25, 0.3) is 0 Å². The second kappa shape index (κ2) is 15.8. The van der Waals surface area contributed by atoms with Crippen LogP contribution < -0.4 is 15.7 Å². The molecule has 15 rings (SSSR count). The number of anilines is 1. The number of benzene rings is 8. The first-order valence-electron chi connectivity index (χ1n) is 29.4. The van der Waals surface area contributed by atoms with Gasteiger partial charge in [0.05, 0.1) is 22.2 Å². The van der Waals surface area contributed by atoms with Gasteiger partial charge in [-0.1, -0.05) is 204 Å². The quantitative estimate of drug-likeness (QED) is 0.160. The van der Waals surface area contributed by atoms with Crippen LogP contribution in [0.3, 0.4) is 0 Å². The first-order chi connectivity index (χ1) is 37.2. The van der Waals surface area contributed by atoms with Crippen LogP contribution in [0, 0.1) is 0 Å². The molecule has 0 bridgehead atoms. The van der Waals surface area contributed by atoms with E-state index >= 15 is 0 Å². The van der Waals surface area contributed by atoms with Crippen molar-refractivity contribution in [3.8, 4) is 56.0 Å². The van der Waals surface area contributed by atoms with Crippen LogP contribution in [-0.4, -0.2) is 21.5 Å². The summed E-state index contributed by atoms with van der Waals surface area (Å²) in [6, 6.07) is 62.1. The first kappa shape index (κ1) is 48.1. The minimum absolute atomic E-state index is 0.0141. The van der Waals surface area contributed by atoms with E-state index in [4.69, 9.17) is 0 Å². The molecule has 0 spiro atoms. The van der Waals surface area contributed by atoms with Crippen LogP contribution in [0.15, 0.2) is 158 Å². The van der Waals surface area contributed by atoms with Crippen LogP contribution in [0.1, 0.15) is 149 Å². The van der Waals surface area contributed by atoms with Gasteiger partial charge in [-0.25, -0.2) is 0 Å². The smallest absolute Gasteiger partial charge is 0.328 e. The van der Waals surface area contributed by atoms with Crippen molar-refractivity contribution in [2.24, 2.45) is 0 Å². The van der Waals surface area contributed by atoms with E-state index in [-0.39, 0.29) is 39.5 Å². The fraction of sp³-hybridized carbons (Fsp3) is 0.324. The topological polar surface area (TPSA) is 13.1 Å². The lowest BCUT2D eigenvalue weighted by Crippen LogP contribution is -2.70. The largest absolute Gasteiger partial charge is 0.400 e. The average Bonchev–Trinajstić information content (AvgIpc) is 4.01. The SMILES string of the molecule is CC(C)(C)c1ccc(-n2c(-c3ccccc3)c(-c3ccccc3)c3cc4c5c(c32)C2(C)CCCC[C@@]2(C)N5B2c3c-4cc(C(C)(C)C)cc3-n3c4cc5c(cc4c4cc(-c6ccccc6)cc2c43)C(C)(C)CCC5(C)C)cc1. The molecule has 1 saturated carbocycles. The van der Waals surface area contributed by atoms with E-state index in [1.54, 1.807) is 0 Å². The summed E-state index contributed by atoms with van der Waals surface area (Å²) in [5.74, 6) is 0. The highest BCUT2D eigenvalue weighted by molar-refractivity contribution is 6.93. The molecule has 5 heterocycles. The van der Waals surface area contributed by atoms with E-state index in [1.165, 1.54) is 159 Å². The molecule has 8 aromatic carbocycles. The predicted octanol–water partition coefficient (Wildman–Crippen LogP) is 18.2. The zero-order valence-corrected chi connectivity index (χ0v) is 48.2. The Morgan fingerprint density at radius 1 is 0.474 bits per heavy atom. The molecule has 5 aliphatic rings. The standard InChI is InChI=1S/C74H74BN3/c1-69(2,3)49-30-32-51(33-31-49)76-65(47-28-20-15-21-29-47)62(46-26-18-14-19-27-46)56-42-55-53-40-50(70(4,5)6)41-61-64(53)75(78-68(55)63(67(56)76)73(11)34-22-23-35-74(73,78)12)59-39-48(45-24-16-13-17-25-45)38-54-52-43-57-58(44-60(52)77(61)66(54)59)72(9,10)37-36-71(57,7)8/h13-21,24-33,38-44H,22-23,34-37H2,1-12H3/t73?,74-/m1/s1. The van der Waals surface area contributed by atoms with E-state index in [0.29, 0.717) is 0 Å². The number of hydrogen-bond donors (Lipinski definition) is 0. The Labute approximate surface area is 463 Å². The van der Waals surface area contributed by atoms with Crippen LogP contribution in [0.5, 0.6) is 0 Å². The first-order valence-corrected chi connectivity index (χ1v) is 29.4. The van der Waals surface area contributed by atoms with Gasteiger partial charge in [0, 0.05) is 60.9 Å². The lowest BCUT2D eigenvalue weighted by Gasteiger charge is -2.54. The van der Waals surface area contributed by atoms with Crippen molar-refractivity contribution in [2.75, 3.05) is 4.81 Å². The molecule has 388 valence electrons. The maximum Gasteiger partial charge on any atom is 0.328 e. The van der Waals surface area contributed by atoms with E-state index in [9.17, 15) is 0 Å². The van der Waals surface area contributed by atoms with Crippen LogP contribution in [0.4, 0.5) is 5.69 Å². The molecule has 0 amide bonds. The van der Waals surface area contributed by atoms with Crippen molar-refractivity contribution >= 4 is 56.2 Å². The second-order valence-corrected chi connectivity index (χ2v) is 28.3. The monoisotopic (exact) mass is 1020 g/mol. The van der Waals surface area contributed by atoms with Gasteiger partial charge < -0.3 is 13.9 Å². The molecule has 3 aliphatic heterocycles. The highest BCUT2D eigenvalue weighted by atomic mass is 15.2. The Bertz CT molecular complexity index is 4180. The normalized spacial score (nSPS) is 20.5. The van der Waals surface area contributed by atoms with Crippen LogP contribution >= 0.6 is 0 Å². The molecular formula is C74H74BN3. The molecule has 10 aromatic rings. The molecule has 2 aliphatic carbocycles. The van der Waals surface area contributed by atoms with Gasteiger partial charge in [-0.2, -0.15) is 0 Å². The van der Waals surface area contributed by atoms with Gasteiger partial charge in [0.15, 0.2) is 0 Å². The number of aromatic nitrogens is 2. The molecule has 2 atom stereocenters.